The maximum absolute atomic E-state index is 5.85. The van der Waals surface area contributed by atoms with Gasteiger partial charge in [-0.1, -0.05) is 13.8 Å². The van der Waals surface area contributed by atoms with Gasteiger partial charge in [-0.15, -0.1) is 0 Å². The normalized spacial score (nSPS) is 10.9. The lowest BCUT2D eigenvalue weighted by Gasteiger charge is -2.18. The molecule has 2 heterocycles. The molecule has 0 radical (unpaired) electrons. The first-order valence-electron chi connectivity index (χ1n) is 11.4. The van der Waals surface area contributed by atoms with Gasteiger partial charge in [0.25, 0.3) is 0 Å². The second-order valence-corrected chi connectivity index (χ2v) is 7.64. The summed E-state index contributed by atoms with van der Waals surface area (Å²) in [6.07, 6.45) is 3.60. The van der Waals surface area contributed by atoms with Crippen molar-refractivity contribution in [2.75, 3.05) is 38.7 Å². The first kappa shape index (κ1) is 23.3. The van der Waals surface area contributed by atoms with Crippen molar-refractivity contribution in [3.05, 3.63) is 73.1 Å². The summed E-state index contributed by atoms with van der Waals surface area (Å²) in [6, 6.07) is 19.4. The van der Waals surface area contributed by atoms with E-state index >= 15 is 0 Å². The second-order valence-electron chi connectivity index (χ2n) is 7.64. The van der Waals surface area contributed by atoms with E-state index in [9.17, 15) is 0 Å². The third-order valence-electron chi connectivity index (χ3n) is 5.53. The lowest BCUT2D eigenvalue weighted by atomic mass is 10.1. The van der Waals surface area contributed by atoms with Crippen LogP contribution in [-0.4, -0.2) is 58.0 Å². The largest absolute Gasteiger partial charge is 0.497 e. The van der Waals surface area contributed by atoms with Gasteiger partial charge in [-0.2, -0.15) is 10.1 Å². The Labute approximate surface area is 200 Å². The topological polar surface area (TPSA) is 77.3 Å². The molecule has 8 heteroatoms. The summed E-state index contributed by atoms with van der Waals surface area (Å²) in [4.78, 5) is 11.3. The minimum atomic E-state index is 0.495. The molecule has 4 rings (SSSR count). The van der Waals surface area contributed by atoms with Crippen LogP contribution in [0.2, 0.25) is 0 Å². The molecular weight excluding hydrogens is 428 g/mol. The molecule has 0 spiro atoms. The maximum Gasteiger partial charge on any atom is 0.229 e. The Kier molecular flexibility index (Phi) is 7.72. The molecule has 8 nitrogen and oxygen atoms in total. The van der Waals surface area contributed by atoms with Crippen molar-refractivity contribution in [3.63, 3.8) is 0 Å². The number of likely N-dealkylation sites (N-methyl/N-ethyl adjacent to an activating group) is 1. The molecule has 2 aromatic carbocycles. The van der Waals surface area contributed by atoms with Crippen LogP contribution in [0.5, 0.6) is 11.5 Å². The van der Waals surface area contributed by atoms with Crippen molar-refractivity contribution in [2.24, 2.45) is 0 Å². The number of anilines is 2. The number of hydrogen-bond acceptors (Lipinski definition) is 7. The van der Waals surface area contributed by atoms with Gasteiger partial charge in [-0.05, 0) is 67.7 Å². The highest BCUT2D eigenvalue weighted by molar-refractivity contribution is 5.60. The summed E-state index contributed by atoms with van der Waals surface area (Å²) >= 11 is 0. The van der Waals surface area contributed by atoms with E-state index < -0.39 is 0 Å². The minimum absolute atomic E-state index is 0.495. The molecule has 2 aromatic heterocycles. The van der Waals surface area contributed by atoms with Crippen molar-refractivity contribution >= 4 is 11.6 Å². The number of rotatable bonds is 11. The Hall–Kier alpha value is -3.91. The average molecular weight is 459 g/mol. The van der Waals surface area contributed by atoms with Gasteiger partial charge in [0.05, 0.1) is 12.8 Å². The number of methoxy groups -OCH3 is 1. The van der Waals surface area contributed by atoms with E-state index in [4.69, 9.17) is 9.47 Å². The lowest BCUT2D eigenvalue weighted by molar-refractivity contribution is 0.223. The molecule has 0 atom stereocenters. The Bertz CT molecular complexity index is 1170. The predicted octanol–water partition coefficient (Wildman–Crippen LogP) is 4.80. The summed E-state index contributed by atoms with van der Waals surface area (Å²) in [5.74, 6) is 2.83. The van der Waals surface area contributed by atoms with E-state index in [1.807, 2.05) is 66.9 Å². The summed E-state index contributed by atoms with van der Waals surface area (Å²) in [5.41, 5.74) is 2.74. The highest BCUT2D eigenvalue weighted by atomic mass is 16.5. The van der Waals surface area contributed by atoms with Crippen molar-refractivity contribution in [1.82, 2.24) is 24.6 Å². The van der Waals surface area contributed by atoms with Gasteiger partial charge in [0.15, 0.2) is 5.82 Å². The zero-order chi connectivity index (χ0) is 23.8. The fourth-order valence-electron chi connectivity index (χ4n) is 3.50. The van der Waals surface area contributed by atoms with E-state index in [0.717, 1.165) is 48.1 Å². The number of benzene rings is 2. The van der Waals surface area contributed by atoms with Crippen LogP contribution < -0.4 is 14.8 Å². The molecule has 0 unspecified atom stereocenters. The van der Waals surface area contributed by atoms with E-state index in [2.05, 4.69) is 39.1 Å². The molecule has 34 heavy (non-hydrogen) atoms. The van der Waals surface area contributed by atoms with E-state index in [0.29, 0.717) is 18.4 Å². The molecule has 1 N–H and O–H groups in total. The zero-order valence-electron chi connectivity index (χ0n) is 19.8. The van der Waals surface area contributed by atoms with Crippen LogP contribution in [0.4, 0.5) is 11.6 Å². The fourth-order valence-corrected chi connectivity index (χ4v) is 3.50. The first-order valence-corrected chi connectivity index (χ1v) is 11.4. The molecule has 176 valence electrons. The van der Waals surface area contributed by atoms with Crippen LogP contribution >= 0.6 is 0 Å². The summed E-state index contributed by atoms with van der Waals surface area (Å²) in [5, 5.41) is 7.90. The Morgan fingerprint density at radius 3 is 2.35 bits per heavy atom. The molecule has 0 amide bonds. The highest BCUT2D eigenvalue weighted by Gasteiger charge is 2.07. The van der Waals surface area contributed by atoms with Gasteiger partial charge in [0.1, 0.15) is 18.1 Å². The lowest BCUT2D eigenvalue weighted by Crippen LogP contribution is -2.27. The van der Waals surface area contributed by atoms with Gasteiger partial charge >= 0.3 is 0 Å². The number of nitrogens with one attached hydrogen (secondary N) is 1. The standard InChI is InChI=1S/C26H30N6O2/c1-4-31(5-2)18-19-34-23-12-8-21(9-13-23)28-26-27-16-14-25(29-26)32-17-15-24(30-32)20-6-10-22(33-3)11-7-20/h6-17H,4-5,18-19H2,1-3H3,(H,27,28,29). The van der Waals surface area contributed by atoms with E-state index in [1.165, 1.54) is 0 Å². The average Bonchev–Trinajstić information content (AvgIpc) is 3.38. The van der Waals surface area contributed by atoms with Crippen LogP contribution in [-0.2, 0) is 0 Å². The molecule has 0 aliphatic rings. The molecule has 0 fully saturated rings. The number of nitrogens with zero attached hydrogens (tertiary/aromatic N) is 5. The van der Waals surface area contributed by atoms with Crippen LogP contribution in [0.25, 0.3) is 17.1 Å². The third-order valence-corrected chi connectivity index (χ3v) is 5.53. The van der Waals surface area contributed by atoms with Crippen molar-refractivity contribution < 1.29 is 9.47 Å². The number of hydrogen-bond donors (Lipinski definition) is 1. The minimum Gasteiger partial charge on any atom is -0.497 e. The highest BCUT2D eigenvalue weighted by Crippen LogP contribution is 2.22. The van der Waals surface area contributed by atoms with Crippen LogP contribution in [0.3, 0.4) is 0 Å². The molecule has 0 bridgehead atoms. The van der Waals surface area contributed by atoms with Crippen LogP contribution in [0, 0.1) is 0 Å². The predicted molar refractivity (Wildman–Crippen MR) is 134 cm³/mol. The number of ether oxygens (including phenoxy) is 2. The van der Waals surface area contributed by atoms with Gasteiger partial charge in [0.2, 0.25) is 5.95 Å². The molecule has 0 aliphatic carbocycles. The van der Waals surface area contributed by atoms with Gasteiger partial charge in [-0.3, -0.25) is 0 Å². The zero-order valence-corrected chi connectivity index (χ0v) is 19.8. The Morgan fingerprint density at radius 2 is 1.65 bits per heavy atom. The van der Waals surface area contributed by atoms with Crippen LogP contribution in [0.15, 0.2) is 73.1 Å². The van der Waals surface area contributed by atoms with Gasteiger partial charge in [-0.25, -0.2) is 9.67 Å². The van der Waals surface area contributed by atoms with Crippen LogP contribution in [0.1, 0.15) is 13.8 Å². The smallest absolute Gasteiger partial charge is 0.229 e. The summed E-state index contributed by atoms with van der Waals surface area (Å²) in [7, 11) is 1.65. The quantitative estimate of drug-likeness (QED) is 0.346. The second kappa shape index (κ2) is 11.3. The molecular formula is C26H30N6O2. The molecule has 4 aromatic rings. The third kappa shape index (κ3) is 5.90. The van der Waals surface area contributed by atoms with Crippen molar-refractivity contribution in [3.8, 4) is 28.6 Å². The fraction of sp³-hybridized carbons (Fsp3) is 0.269. The maximum atomic E-state index is 5.85. The summed E-state index contributed by atoms with van der Waals surface area (Å²) < 4.78 is 12.8. The first-order chi connectivity index (χ1) is 16.7. The molecule has 0 saturated carbocycles. The van der Waals surface area contributed by atoms with Crippen molar-refractivity contribution in [2.45, 2.75) is 13.8 Å². The Morgan fingerprint density at radius 1 is 0.912 bits per heavy atom. The van der Waals surface area contributed by atoms with Gasteiger partial charge < -0.3 is 19.7 Å². The van der Waals surface area contributed by atoms with E-state index in [-0.39, 0.29) is 0 Å². The van der Waals surface area contributed by atoms with Crippen molar-refractivity contribution in [1.29, 1.82) is 0 Å². The monoisotopic (exact) mass is 458 g/mol. The summed E-state index contributed by atoms with van der Waals surface area (Å²) in [6.45, 7) is 7.97. The van der Waals surface area contributed by atoms with E-state index in [1.54, 1.807) is 18.0 Å². The number of aromatic nitrogens is 4. The van der Waals surface area contributed by atoms with Gasteiger partial charge in [0, 0.05) is 36.3 Å². The Balaban J connectivity index is 1.39. The molecule has 0 aliphatic heterocycles. The molecule has 0 saturated heterocycles. The SMILES string of the molecule is CCN(CC)CCOc1ccc(Nc2nccc(-n3ccc(-c4ccc(OC)cc4)n3)n2)cc1.